The Bertz CT molecular complexity index is 1290. The van der Waals surface area contributed by atoms with Crippen LogP contribution in [-0.4, -0.2) is 40.8 Å². The van der Waals surface area contributed by atoms with Gasteiger partial charge in [-0.2, -0.15) is 13.2 Å². The summed E-state index contributed by atoms with van der Waals surface area (Å²) in [4.78, 5) is 11.3. The summed E-state index contributed by atoms with van der Waals surface area (Å²) >= 11 is 0. The summed E-state index contributed by atoms with van der Waals surface area (Å²) in [6.07, 6.45) is -1.30. The molecule has 1 aliphatic heterocycles. The first-order valence-corrected chi connectivity index (χ1v) is 10.7. The van der Waals surface area contributed by atoms with Gasteiger partial charge in [-0.05, 0) is 43.2 Å². The molecule has 0 bridgehead atoms. The van der Waals surface area contributed by atoms with Crippen molar-refractivity contribution in [2.75, 3.05) is 31.2 Å². The molecule has 5 rings (SSSR count). The summed E-state index contributed by atoms with van der Waals surface area (Å²) < 4.78 is 53.4. The van der Waals surface area contributed by atoms with E-state index in [0.29, 0.717) is 36.0 Å². The van der Waals surface area contributed by atoms with E-state index in [0.717, 1.165) is 35.9 Å². The molecule has 2 aromatic heterocycles. The van der Waals surface area contributed by atoms with Gasteiger partial charge in [0.1, 0.15) is 17.6 Å². The van der Waals surface area contributed by atoms with Crippen molar-refractivity contribution in [1.29, 1.82) is 0 Å². The lowest BCUT2D eigenvalue weighted by Crippen LogP contribution is -2.36. The minimum Gasteiger partial charge on any atom is -0.444 e. The lowest BCUT2D eigenvalue weighted by molar-refractivity contribution is -0.138. The Morgan fingerprint density at radius 1 is 1.09 bits per heavy atom. The van der Waals surface area contributed by atoms with E-state index in [-0.39, 0.29) is 12.1 Å². The largest absolute Gasteiger partial charge is 0.444 e. The highest BCUT2D eigenvalue weighted by molar-refractivity contribution is 5.93. The van der Waals surface area contributed by atoms with Gasteiger partial charge >= 0.3 is 6.18 Å². The minimum atomic E-state index is -4.40. The zero-order chi connectivity index (χ0) is 23.2. The number of alkyl halides is 3. The number of fused-ring (bicyclic) bond motifs is 1. The minimum absolute atomic E-state index is 0.225. The highest BCUT2D eigenvalue weighted by atomic mass is 19.4. The third kappa shape index (κ3) is 3.97. The molecule has 0 aliphatic carbocycles. The number of nitrogens with zero attached hydrogens (tertiary/aromatic N) is 4. The molecular formula is C24H23F3N4O2. The Kier molecular flexibility index (Phi) is 5.36. The predicted molar refractivity (Wildman–Crippen MR) is 118 cm³/mol. The monoisotopic (exact) mass is 456 g/mol. The van der Waals surface area contributed by atoms with E-state index in [1.165, 1.54) is 19.3 Å². The molecule has 0 atom stereocenters. The molecule has 0 saturated carbocycles. The number of halogens is 3. The van der Waals surface area contributed by atoms with Crippen LogP contribution in [0, 0.1) is 13.8 Å². The Morgan fingerprint density at radius 2 is 1.88 bits per heavy atom. The normalized spacial score (nSPS) is 14.9. The van der Waals surface area contributed by atoms with Crippen LogP contribution in [0.2, 0.25) is 0 Å². The summed E-state index contributed by atoms with van der Waals surface area (Å²) in [5, 5.41) is 0. The fraction of sp³-hybridized carbons (Fsp3) is 0.333. The van der Waals surface area contributed by atoms with Crippen LogP contribution in [0.25, 0.3) is 22.5 Å². The fourth-order valence-corrected chi connectivity index (χ4v) is 4.38. The second kappa shape index (κ2) is 8.22. The molecule has 33 heavy (non-hydrogen) atoms. The van der Waals surface area contributed by atoms with Gasteiger partial charge in [0, 0.05) is 25.3 Å². The first-order valence-electron chi connectivity index (χ1n) is 10.7. The van der Waals surface area contributed by atoms with Crippen LogP contribution in [-0.2, 0) is 17.5 Å². The molecule has 3 heterocycles. The first-order chi connectivity index (χ1) is 15.8. The van der Waals surface area contributed by atoms with Gasteiger partial charge in [-0.15, -0.1) is 0 Å². The van der Waals surface area contributed by atoms with Gasteiger partial charge in [0.2, 0.25) is 5.89 Å². The third-order valence-electron chi connectivity index (χ3n) is 6.15. The number of hydrogen-bond donors (Lipinski definition) is 0. The molecule has 1 aliphatic rings. The quantitative estimate of drug-likeness (QED) is 0.422. The van der Waals surface area contributed by atoms with Crippen LogP contribution < -0.4 is 4.90 Å². The van der Waals surface area contributed by atoms with Crippen molar-refractivity contribution < 1.29 is 22.3 Å². The second-order valence-corrected chi connectivity index (χ2v) is 8.13. The number of aryl methyl sites for hydroxylation is 1. The Morgan fingerprint density at radius 3 is 2.58 bits per heavy atom. The Labute approximate surface area is 188 Å². The standard InChI is InChI=1S/C24H23F3N4O2/c1-15-17(4-3-5-20(15)24(25,26)27)14-31-16(2)29-22-19(23-28-6-9-33-23)12-18(13-21(22)31)30-7-10-32-11-8-30/h3-6,9,12-13H,7-8,10-11,14H2,1-2H3. The van der Waals surface area contributed by atoms with Crippen LogP contribution in [0.15, 0.2) is 47.2 Å². The number of imidazole rings is 1. The number of hydrogen-bond acceptors (Lipinski definition) is 5. The summed E-state index contributed by atoms with van der Waals surface area (Å²) in [5.41, 5.74) is 3.46. The number of benzene rings is 2. The molecule has 0 spiro atoms. The summed E-state index contributed by atoms with van der Waals surface area (Å²) in [7, 11) is 0. The number of morpholine rings is 1. The van der Waals surface area contributed by atoms with Crippen LogP contribution in [0.3, 0.4) is 0 Å². The molecule has 2 aromatic carbocycles. The molecule has 4 aromatic rings. The third-order valence-corrected chi connectivity index (χ3v) is 6.15. The van der Waals surface area contributed by atoms with Gasteiger partial charge < -0.3 is 18.6 Å². The Hall–Kier alpha value is -3.33. The maximum Gasteiger partial charge on any atom is 0.416 e. The van der Waals surface area contributed by atoms with Gasteiger partial charge in [0.15, 0.2) is 0 Å². The van der Waals surface area contributed by atoms with Crippen LogP contribution in [0.4, 0.5) is 18.9 Å². The van der Waals surface area contributed by atoms with E-state index in [4.69, 9.17) is 14.1 Å². The molecule has 1 saturated heterocycles. The second-order valence-electron chi connectivity index (χ2n) is 8.13. The predicted octanol–water partition coefficient (Wildman–Crippen LogP) is 5.21. The SMILES string of the molecule is Cc1c(Cn2c(C)nc3c(-c4ncco4)cc(N4CCOCC4)cc32)cccc1C(F)(F)F. The van der Waals surface area contributed by atoms with Crippen molar-refractivity contribution in [3.05, 3.63) is 65.3 Å². The summed E-state index contributed by atoms with van der Waals surface area (Å²) in [6.45, 7) is 6.41. The van der Waals surface area contributed by atoms with Gasteiger partial charge in [-0.1, -0.05) is 12.1 Å². The molecule has 0 unspecified atom stereocenters. The maximum absolute atomic E-state index is 13.5. The average Bonchev–Trinajstić information content (AvgIpc) is 3.43. The number of rotatable bonds is 4. The zero-order valence-electron chi connectivity index (χ0n) is 18.3. The molecule has 0 amide bonds. The topological polar surface area (TPSA) is 56.3 Å². The lowest BCUT2D eigenvalue weighted by atomic mass is 10.0. The molecule has 172 valence electrons. The van der Waals surface area contributed by atoms with E-state index in [1.54, 1.807) is 12.3 Å². The van der Waals surface area contributed by atoms with E-state index in [1.807, 2.05) is 23.6 Å². The van der Waals surface area contributed by atoms with Crippen molar-refractivity contribution in [2.45, 2.75) is 26.6 Å². The van der Waals surface area contributed by atoms with Crippen LogP contribution >= 0.6 is 0 Å². The number of aromatic nitrogens is 3. The highest BCUT2D eigenvalue weighted by Crippen LogP contribution is 2.36. The highest BCUT2D eigenvalue weighted by Gasteiger charge is 2.33. The summed E-state index contributed by atoms with van der Waals surface area (Å²) in [6, 6.07) is 8.35. The first kappa shape index (κ1) is 21.5. The number of ether oxygens (including phenoxy) is 1. The van der Waals surface area contributed by atoms with E-state index < -0.39 is 11.7 Å². The van der Waals surface area contributed by atoms with Crippen molar-refractivity contribution in [3.63, 3.8) is 0 Å². The molecule has 1 fully saturated rings. The van der Waals surface area contributed by atoms with E-state index in [9.17, 15) is 13.2 Å². The molecule has 6 nitrogen and oxygen atoms in total. The van der Waals surface area contributed by atoms with Gasteiger partial charge in [-0.25, -0.2) is 9.97 Å². The molecular weight excluding hydrogens is 433 g/mol. The lowest BCUT2D eigenvalue weighted by Gasteiger charge is -2.29. The van der Waals surface area contributed by atoms with Gasteiger partial charge in [0.05, 0.1) is 36.1 Å². The molecule has 0 radical (unpaired) electrons. The van der Waals surface area contributed by atoms with Gasteiger partial charge in [-0.3, -0.25) is 0 Å². The molecule has 0 N–H and O–H groups in total. The smallest absolute Gasteiger partial charge is 0.416 e. The van der Waals surface area contributed by atoms with Crippen molar-refractivity contribution in [3.8, 4) is 11.5 Å². The zero-order valence-corrected chi connectivity index (χ0v) is 18.3. The van der Waals surface area contributed by atoms with Crippen molar-refractivity contribution in [1.82, 2.24) is 14.5 Å². The Balaban J connectivity index is 1.66. The number of oxazole rings is 1. The maximum atomic E-state index is 13.5. The van der Waals surface area contributed by atoms with Crippen molar-refractivity contribution in [2.24, 2.45) is 0 Å². The average molecular weight is 456 g/mol. The van der Waals surface area contributed by atoms with E-state index >= 15 is 0 Å². The van der Waals surface area contributed by atoms with E-state index in [2.05, 4.69) is 9.88 Å². The van der Waals surface area contributed by atoms with Crippen molar-refractivity contribution >= 4 is 16.7 Å². The number of anilines is 1. The van der Waals surface area contributed by atoms with Crippen LogP contribution in [0.1, 0.15) is 22.5 Å². The fourth-order valence-electron chi connectivity index (χ4n) is 4.38. The molecule has 9 heteroatoms. The van der Waals surface area contributed by atoms with Gasteiger partial charge in [0.25, 0.3) is 0 Å². The van der Waals surface area contributed by atoms with Crippen LogP contribution in [0.5, 0.6) is 0 Å². The summed E-state index contributed by atoms with van der Waals surface area (Å²) in [5.74, 6) is 1.16.